The summed E-state index contributed by atoms with van der Waals surface area (Å²) in [5.41, 5.74) is 0.223. The van der Waals surface area contributed by atoms with Crippen LogP contribution in [-0.4, -0.2) is 10.9 Å². The summed E-state index contributed by atoms with van der Waals surface area (Å²) in [6.07, 6.45) is 0. The lowest BCUT2D eigenvalue weighted by Gasteiger charge is -2.21. The smallest absolute Gasteiger partial charge is 0.347 e. The van der Waals surface area contributed by atoms with Crippen LogP contribution in [0.3, 0.4) is 0 Å². The van der Waals surface area contributed by atoms with Crippen molar-refractivity contribution in [3.63, 3.8) is 0 Å². The maximum absolute atomic E-state index is 12.6. The summed E-state index contributed by atoms with van der Waals surface area (Å²) < 4.78 is 11.2. The molecule has 4 rings (SSSR count). The van der Waals surface area contributed by atoms with Crippen molar-refractivity contribution >= 4 is 23.4 Å². The molecular weight excluding hydrogens is 354 g/mol. The van der Waals surface area contributed by atoms with Crippen LogP contribution in [-0.2, 0) is 0 Å². The normalized spacial score (nSPS) is 11.7. The molecule has 1 aliphatic heterocycles. The number of fused-ring (bicyclic) bond motifs is 2. The Balaban J connectivity index is 1.61. The standard InChI is InChI=1S/C19H11NO5S/c21-19(24-13-10-8-12(9-11-13)20(22)23)14-4-3-7-17-18(14)25-15-5-1-2-6-16(15)26-17/h1-11H. The van der Waals surface area contributed by atoms with Crippen LogP contribution in [0.25, 0.3) is 0 Å². The van der Waals surface area contributed by atoms with Crippen LogP contribution < -0.4 is 9.47 Å². The van der Waals surface area contributed by atoms with E-state index in [4.69, 9.17) is 9.47 Å². The number of non-ortho nitro benzene ring substituents is 1. The first kappa shape index (κ1) is 16.2. The van der Waals surface area contributed by atoms with E-state index in [0.717, 1.165) is 9.79 Å². The molecule has 128 valence electrons. The summed E-state index contributed by atoms with van der Waals surface area (Å²) in [6.45, 7) is 0. The molecule has 7 heteroatoms. The van der Waals surface area contributed by atoms with Gasteiger partial charge in [-0.2, -0.15) is 0 Å². The highest BCUT2D eigenvalue weighted by atomic mass is 32.2. The van der Waals surface area contributed by atoms with Crippen molar-refractivity contribution in [2.24, 2.45) is 0 Å². The summed E-state index contributed by atoms with van der Waals surface area (Å²) in [5.74, 6) is 0.765. The van der Waals surface area contributed by atoms with Gasteiger partial charge in [-0.1, -0.05) is 30.0 Å². The van der Waals surface area contributed by atoms with E-state index in [1.165, 1.54) is 36.0 Å². The number of carbonyl (C=O) groups is 1. The minimum Gasteiger partial charge on any atom is -0.454 e. The number of nitrogens with zero attached hydrogens (tertiary/aromatic N) is 1. The van der Waals surface area contributed by atoms with Gasteiger partial charge >= 0.3 is 5.97 Å². The van der Waals surface area contributed by atoms with Crippen molar-refractivity contribution in [2.75, 3.05) is 0 Å². The lowest BCUT2D eigenvalue weighted by molar-refractivity contribution is -0.384. The molecular formula is C19H11NO5S. The van der Waals surface area contributed by atoms with Crippen molar-refractivity contribution < 1.29 is 19.2 Å². The third-order valence-electron chi connectivity index (χ3n) is 3.74. The van der Waals surface area contributed by atoms with Gasteiger partial charge in [0.25, 0.3) is 5.69 Å². The summed E-state index contributed by atoms with van der Waals surface area (Å²) in [7, 11) is 0. The fourth-order valence-electron chi connectivity index (χ4n) is 2.51. The zero-order chi connectivity index (χ0) is 18.1. The number of rotatable bonds is 3. The summed E-state index contributed by atoms with van der Waals surface area (Å²) in [5, 5.41) is 10.7. The molecule has 0 saturated heterocycles. The molecule has 0 saturated carbocycles. The average molecular weight is 365 g/mol. The van der Waals surface area contributed by atoms with Crippen LogP contribution in [0.4, 0.5) is 5.69 Å². The van der Waals surface area contributed by atoms with Gasteiger partial charge < -0.3 is 9.47 Å². The Labute approximate surface area is 152 Å². The molecule has 0 bridgehead atoms. The molecule has 0 radical (unpaired) electrons. The molecule has 0 unspecified atom stereocenters. The van der Waals surface area contributed by atoms with Crippen LogP contribution in [0.5, 0.6) is 17.2 Å². The van der Waals surface area contributed by atoms with E-state index in [1.807, 2.05) is 30.3 Å². The third kappa shape index (κ3) is 3.00. The average Bonchev–Trinajstić information content (AvgIpc) is 2.66. The Morgan fingerprint density at radius 3 is 2.46 bits per heavy atom. The Morgan fingerprint density at radius 1 is 0.962 bits per heavy atom. The Kier molecular flexibility index (Phi) is 4.06. The van der Waals surface area contributed by atoms with Gasteiger partial charge in [0.05, 0.1) is 14.7 Å². The maximum atomic E-state index is 12.6. The quantitative estimate of drug-likeness (QED) is 0.218. The zero-order valence-corrected chi connectivity index (χ0v) is 14.1. The number of ether oxygens (including phenoxy) is 2. The molecule has 0 aliphatic carbocycles. The first-order valence-electron chi connectivity index (χ1n) is 7.66. The third-order valence-corrected chi connectivity index (χ3v) is 4.84. The van der Waals surface area contributed by atoms with Gasteiger partial charge in [-0.25, -0.2) is 4.79 Å². The fraction of sp³-hybridized carbons (Fsp3) is 0. The van der Waals surface area contributed by atoms with Crippen LogP contribution in [0.1, 0.15) is 10.4 Å². The van der Waals surface area contributed by atoms with Gasteiger partial charge in [-0.15, -0.1) is 0 Å². The van der Waals surface area contributed by atoms with Gasteiger partial charge in [0.15, 0.2) is 5.75 Å². The zero-order valence-electron chi connectivity index (χ0n) is 13.2. The second-order valence-corrected chi connectivity index (χ2v) is 6.51. The van der Waals surface area contributed by atoms with E-state index < -0.39 is 10.9 Å². The molecule has 26 heavy (non-hydrogen) atoms. The molecule has 1 aliphatic rings. The molecule has 6 nitrogen and oxygen atoms in total. The number of hydrogen-bond acceptors (Lipinski definition) is 6. The predicted octanol–water partition coefficient (Wildman–Crippen LogP) is 5.07. The van der Waals surface area contributed by atoms with E-state index in [1.54, 1.807) is 12.1 Å². The first-order valence-corrected chi connectivity index (χ1v) is 8.48. The van der Waals surface area contributed by atoms with Crippen molar-refractivity contribution in [3.05, 3.63) is 82.4 Å². The van der Waals surface area contributed by atoms with Gasteiger partial charge in [0, 0.05) is 12.1 Å². The van der Waals surface area contributed by atoms with Gasteiger partial charge in [-0.3, -0.25) is 10.1 Å². The van der Waals surface area contributed by atoms with Crippen LogP contribution in [0.2, 0.25) is 0 Å². The summed E-state index contributed by atoms with van der Waals surface area (Å²) in [6, 6.07) is 18.2. The lowest BCUT2D eigenvalue weighted by atomic mass is 10.2. The van der Waals surface area contributed by atoms with Gasteiger partial charge in [0.1, 0.15) is 17.1 Å². The summed E-state index contributed by atoms with van der Waals surface area (Å²) >= 11 is 1.52. The van der Waals surface area contributed by atoms with Crippen molar-refractivity contribution in [1.82, 2.24) is 0 Å². The SMILES string of the molecule is O=C(Oc1ccc([N+](=O)[O-])cc1)c1cccc2c1Oc1ccccc1S2. The second-order valence-electron chi connectivity index (χ2n) is 5.42. The fourth-order valence-corrected chi connectivity index (χ4v) is 3.49. The van der Waals surface area contributed by atoms with E-state index in [-0.39, 0.29) is 11.4 Å². The number of nitro groups is 1. The topological polar surface area (TPSA) is 78.7 Å². The van der Waals surface area contributed by atoms with E-state index in [2.05, 4.69) is 0 Å². The Morgan fingerprint density at radius 2 is 1.69 bits per heavy atom. The van der Waals surface area contributed by atoms with Gasteiger partial charge in [-0.05, 0) is 36.4 Å². The van der Waals surface area contributed by atoms with E-state index in [0.29, 0.717) is 17.1 Å². The van der Waals surface area contributed by atoms with Crippen LogP contribution >= 0.6 is 11.8 Å². The van der Waals surface area contributed by atoms with Gasteiger partial charge in [0.2, 0.25) is 0 Å². The van der Waals surface area contributed by atoms with Crippen molar-refractivity contribution in [2.45, 2.75) is 9.79 Å². The molecule has 0 fully saturated rings. The van der Waals surface area contributed by atoms with Crippen LogP contribution in [0.15, 0.2) is 76.5 Å². The molecule has 0 atom stereocenters. The predicted molar refractivity (Wildman–Crippen MR) is 95.1 cm³/mol. The van der Waals surface area contributed by atoms with E-state index in [9.17, 15) is 14.9 Å². The number of carbonyl (C=O) groups excluding carboxylic acids is 1. The molecule has 0 aromatic heterocycles. The lowest BCUT2D eigenvalue weighted by Crippen LogP contribution is -2.11. The molecule has 3 aromatic carbocycles. The Hall–Kier alpha value is -3.32. The maximum Gasteiger partial charge on any atom is 0.347 e. The highest BCUT2D eigenvalue weighted by Crippen LogP contribution is 2.48. The molecule has 1 heterocycles. The highest BCUT2D eigenvalue weighted by molar-refractivity contribution is 7.99. The van der Waals surface area contributed by atoms with Crippen molar-refractivity contribution in [1.29, 1.82) is 0 Å². The summed E-state index contributed by atoms with van der Waals surface area (Å²) in [4.78, 5) is 24.5. The first-order chi connectivity index (χ1) is 12.6. The highest BCUT2D eigenvalue weighted by Gasteiger charge is 2.24. The number of esters is 1. The monoisotopic (exact) mass is 365 g/mol. The molecule has 0 spiro atoms. The van der Waals surface area contributed by atoms with Crippen LogP contribution in [0, 0.1) is 10.1 Å². The number of hydrogen-bond donors (Lipinski definition) is 0. The number of nitro benzene ring substituents is 1. The number of benzene rings is 3. The molecule has 0 amide bonds. The number of para-hydroxylation sites is 2. The second kappa shape index (κ2) is 6.53. The largest absolute Gasteiger partial charge is 0.454 e. The Bertz CT molecular complexity index is 1020. The minimum atomic E-state index is -0.587. The molecule has 0 N–H and O–H groups in total. The minimum absolute atomic E-state index is 0.0711. The van der Waals surface area contributed by atoms with E-state index >= 15 is 0 Å². The molecule has 3 aromatic rings. The van der Waals surface area contributed by atoms with Crippen molar-refractivity contribution in [3.8, 4) is 17.2 Å².